The third-order valence-corrected chi connectivity index (χ3v) is 7.12. The van der Waals surface area contributed by atoms with Crippen LogP contribution in [-0.4, -0.2) is 25.6 Å². The normalized spacial score (nSPS) is 14.1. The summed E-state index contributed by atoms with van der Waals surface area (Å²) in [5, 5.41) is 4.45. The van der Waals surface area contributed by atoms with Crippen LogP contribution in [0.25, 0.3) is 0 Å². The highest BCUT2D eigenvalue weighted by Gasteiger charge is 2.24. The fourth-order valence-corrected chi connectivity index (χ4v) is 5.03. The standard InChI is InChI=1S/C18H18ClIN5OP/c1-12-4-2-3-5-13(12)9-24-11-21-14-10-23(7-6-15(14)24)16-8-22-25(27-20)18(26)17(16)19/h2-5,8,11,27H,6-7,9-10H2,1H3. The Morgan fingerprint density at radius 2 is 2.15 bits per heavy atom. The van der Waals surface area contributed by atoms with Gasteiger partial charge < -0.3 is 9.47 Å². The fourth-order valence-electron chi connectivity index (χ4n) is 3.39. The van der Waals surface area contributed by atoms with Crippen molar-refractivity contribution in [1.82, 2.24) is 19.1 Å². The highest BCUT2D eigenvalue weighted by molar-refractivity contribution is 14.2. The number of benzene rings is 1. The smallest absolute Gasteiger partial charge is 0.291 e. The Bertz CT molecular complexity index is 1050. The van der Waals surface area contributed by atoms with Crippen LogP contribution < -0.4 is 10.5 Å². The number of rotatable bonds is 4. The molecule has 3 heterocycles. The van der Waals surface area contributed by atoms with E-state index in [2.05, 4.69) is 72.8 Å². The molecule has 0 bridgehead atoms. The van der Waals surface area contributed by atoms with Gasteiger partial charge in [0.25, 0.3) is 5.56 Å². The number of aryl methyl sites for hydroxylation is 1. The third kappa shape index (κ3) is 3.65. The SMILES string of the molecule is Cc1ccccc1Cn1cnc2c1CCN(c1cnn(PI)c(=O)c1Cl)C2. The Labute approximate surface area is 176 Å². The Kier molecular flexibility index (Phi) is 5.53. The zero-order valence-corrected chi connectivity index (χ0v) is 18.6. The van der Waals surface area contributed by atoms with Crippen molar-refractivity contribution in [1.29, 1.82) is 0 Å². The van der Waals surface area contributed by atoms with Crippen molar-refractivity contribution in [2.75, 3.05) is 11.4 Å². The maximum Gasteiger partial charge on any atom is 0.291 e. The van der Waals surface area contributed by atoms with E-state index in [0.717, 1.165) is 25.2 Å². The van der Waals surface area contributed by atoms with E-state index in [0.29, 0.717) is 12.2 Å². The van der Waals surface area contributed by atoms with Crippen LogP contribution in [0.2, 0.25) is 5.02 Å². The molecule has 0 saturated heterocycles. The molecule has 0 radical (unpaired) electrons. The molecule has 0 saturated carbocycles. The minimum atomic E-state index is -0.238. The Hall–Kier alpha value is -1.44. The average molecular weight is 514 g/mol. The molecule has 140 valence electrons. The average Bonchev–Trinajstić information content (AvgIpc) is 3.08. The van der Waals surface area contributed by atoms with Crippen LogP contribution in [0.4, 0.5) is 5.69 Å². The van der Waals surface area contributed by atoms with Crippen LogP contribution >= 0.6 is 40.0 Å². The molecular formula is C18H18ClIN5OP. The van der Waals surface area contributed by atoms with E-state index in [1.165, 1.54) is 21.3 Å². The van der Waals surface area contributed by atoms with Crippen LogP contribution in [0.1, 0.15) is 22.5 Å². The van der Waals surface area contributed by atoms with Gasteiger partial charge in [-0.3, -0.25) is 4.79 Å². The number of fused-ring (bicyclic) bond motifs is 1. The van der Waals surface area contributed by atoms with Gasteiger partial charge >= 0.3 is 0 Å². The van der Waals surface area contributed by atoms with Crippen molar-refractivity contribution < 1.29 is 0 Å². The maximum absolute atomic E-state index is 12.3. The quantitative estimate of drug-likeness (QED) is 0.393. The second-order valence-electron chi connectivity index (χ2n) is 6.51. The molecule has 1 atom stereocenters. The number of anilines is 1. The van der Waals surface area contributed by atoms with Crippen LogP contribution in [0, 0.1) is 6.92 Å². The first-order valence-corrected chi connectivity index (χ1v) is 13.0. The second kappa shape index (κ2) is 7.89. The minimum Gasteiger partial charge on any atom is -0.362 e. The summed E-state index contributed by atoms with van der Waals surface area (Å²) in [5.74, 6) is 0. The summed E-state index contributed by atoms with van der Waals surface area (Å²) < 4.78 is 3.61. The maximum atomic E-state index is 12.3. The highest BCUT2D eigenvalue weighted by atomic mass is 127. The second-order valence-corrected chi connectivity index (χ2v) is 8.93. The largest absolute Gasteiger partial charge is 0.362 e. The minimum absolute atomic E-state index is 0.233. The van der Waals surface area contributed by atoms with Crippen LogP contribution in [0.5, 0.6) is 0 Å². The predicted octanol–water partition coefficient (Wildman–Crippen LogP) is 3.80. The third-order valence-electron chi connectivity index (χ3n) is 4.92. The zero-order chi connectivity index (χ0) is 19.0. The topological polar surface area (TPSA) is 56.0 Å². The molecule has 9 heteroatoms. The first-order valence-electron chi connectivity index (χ1n) is 8.55. The fraction of sp³-hybridized carbons (Fsp3) is 0.278. The molecule has 0 N–H and O–H groups in total. The molecule has 0 aliphatic carbocycles. The van der Waals surface area contributed by atoms with E-state index in [1.807, 2.05) is 6.33 Å². The van der Waals surface area contributed by atoms with Gasteiger partial charge in [0.2, 0.25) is 0 Å². The van der Waals surface area contributed by atoms with Gasteiger partial charge in [0.15, 0.2) is 0 Å². The lowest BCUT2D eigenvalue weighted by atomic mass is 10.1. The van der Waals surface area contributed by atoms with Crippen molar-refractivity contribution in [2.45, 2.75) is 26.4 Å². The predicted molar refractivity (Wildman–Crippen MR) is 119 cm³/mol. The molecule has 2 aromatic heterocycles. The van der Waals surface area contributed by atoms with Crippen LogP contribution in [0.3, 0.4) is 0 Å². The van der Waals surface area contributed by atoms with Gasteiger partial charge in [0, 0.05) is 25.2 Å². The molecule has 1 aliphatic heterocycles. The van der Waals surface area contributed by atoms with Crippen molar-refractivity contribution in [2.24, 2.45) is 0 Å². The Morgan fingerprint density at radius 1 is 1.33 bits per heavy atom. The number of hydrogen-bond acceptors (Lipinski definition) is 4. The van der Waals surface area contributed by atoms with Crippen LogP contribution in [0.15, 0.2) is 41.6 Å². The summed E-state index contributed by atoms with van der Waals surface area (Å²) in [6, 6.07) is 8.42. The number of nitrogens with zero attached hydrogens (tertiary/aromatic N) is 5. The molecule has 6 nitrogen and oxygen atoms in total. The summed E-state index contributed by atoms with van der Waals surface area (Å²) in [4.78, 5) is 19.0. The molecule has 1 aliphatic rings. The lowest BCUT2D eigenvalue weighted by molar-refractivity contribution is 0.659. The van der Waals surface area contributed by atoms with E-state index >= 15 is 0 Å². The monoisotopic (exact) mass is 513 g/mol. The van der Waals surface area contributed by atoms with E-state index < -0.39 is 0 Å². The molecule has 0 fully saturated rings. The van der Waals surface area contributed by atoms with E-state index in [-0.39, 0.29) is 17.0 Å². The van der Waals surface area contributed by atoms with E-state index in [9.17, 15) is 4.79 Å². The first kappa shape index (κ1) is 18.9. The van der Waals surface area contributed by atoms with E-state index in [4.69, 9.17) is 11.6 Å². The number of aromatic nitrogens is 4. The van der Waals surface area contributed by atoms with Gasteiger partial charge in [-0.25, -0.2) is 9.44 Å². The van der Waals surface area contributed by atoms with Crippen molar-refractivity contribution in [3.8, 4) is 0 Å². The molecular weight excluding hydrogens is 496 g/mol. The van der Waals surface area contributed by atoms with Gasteiger partial charge in [-0.15, -0.1) is 0 Å². The summed E-state index contributed by atoms with van der Waals surface area (Å²) in [5.41, 5.74) is 5.32. The molecule has 27 heavy (non-hydrogen) atoms. The zero-order valence-electron chi connectivity index (χ0n) is 14.7. The molecule has 4 rings (SSSR count). The Morgan fingerprint density at radius 3 is 2.93 bits per heavy atom. The van der Waals surface area contributed by atoms with Gasteiger partial charge in [-0.1, -0.05) is 35.9 Å². The van der Waals surface area contributed by atoms with Gasteiger partial charge in [0.05, 0.1) is 36.8 Å². The van der Waals surface area contributed by atoms with Crippen molar-refractivity contribution >= 4 is 45.7 Å². The van der Waals surface area contributed by atoms with E-state index in [1.54, 1.807) is 6.20 Å². The number of imidazole rings is 1. The number of halogens is 2. The summed E-state index contributed by atoms with van der Waals surface area (Å²) in [6.45, 7) is 4.37. The molecule has 1 aromatic carbocycles. The van der Waals surface area contributed by atoms with Crippen molar-refractivity contribution in [3.05, 3.63) is 74.7 Å². The molecule has 0 spiro atoms. The lowest BCUT2D eigenvalue weighted by Crippen LogP contribution is -2.33. The lowest BCUT2D eigenvalue weighted by Gasteiger charge is -2.29. The van der Waals surface area contributed by atoms with Gasteiger partial charge in [-0.2, -0.15) is 5.10 Å². The molecule has 0 amide bonds. The highest BCUT2D eigenvalue weighted by Crippen LogP contribution is 2.29. The molecule has 3 aromatic rings. The van der Waals surface area contributed by atoms with Crippen LogP contribution in [-0.2, 0) is 19.5 Å². The first-order chi connectivity index (χ1) is 13.1. The summed E-state index contributed by atoms with van der Waals surface area (Å²) in [6.07, 6.45) is 4.69. The number of hydrogen-bond donors (Lipinski definition) is 0. The Balaban J connectivity index is 1.59. The van der Waals surface area contributed by atoms with Crippen molar-refractivity contribution in [3.63, 3.8) is 0 Å². The summed E-state index contributed by atoms with van der Waals surface area (Å²) in [7, 11) is 0. The van der Waals surface area contributed by atoms with Gasteiger partial charge in [0.1, 0.15) is 5.02 Å². The molecule has 1 unspecified atom stereocenters. The van der Waals surface area contributed by atoms with Gasteiger partial charge in [-0.05, 0) is 40.1 Å². The summed E-state index contributed by atoms with van der Waals surface area (Å²) >= 11 is 8.45.